The Bertz CT molecular complexity index is 890. The average molecular weight is 429 g/mol. The lowest BCUT2D eigenvalue weighted by molar-refractivity contribution is -0.140. The van der Waals surface area contributed by atoms with Crippen LogP contribution in [0.1, 0.15) is 53.4 Å². The molecule has 31 heavy (non-hydrogen) atoms. The maximum absolute atomic E-state index is 13.4. The summed E-state index contributed by atoms with van der Waals surface area (Å²) in [6, 6.07) is 0. The van der Waals surface area contributed by atoms with Crippen LogP contribution in [-0.4, -0.2) is 37.0 Å². The number of fused-ring (bicyclic) bond motifs is 4. The van der Waals surface area contributed by atoms with Crippen LogP contribution < -0.4 is 0 Å². The summed E-state index contributed by atoms with van der Waals surface area (Å²) < 4.78 is 16.9. The number of ether oxygens (including phenoxy) is 3. The zero-order valence-corrected chi connectivity index (χ0v) is 19.0. The van der Waals surface area contributed by atoms with Crippen molar-refractivity contribution in [1.82, 2.24) is 0 Å². The summed E-state index contributed by atoms with van der Waals surface area (Å²) in [6.45, 7) is 11.8. The molecule has 3 heterocycles. The van der Waals surface area contributed by atoms with Gasteiger partial charge in [-0.1, -0.05) is 38.0 Å². The minimum absolute atomic E-state index is 0.00839. The fourth-order valence-corrected chi connectivity index (χ4v) is 4.60. The fourth-order valence-electron chi connectivity index (χ4n) is 4.60. The second-order valence-electron chi connectivity index (χ2n) is 8.94. The van der Waals surface area contributed by atoms with Gasteiger partial charge in [0.05, 0.1) is 24.2 Å². The van der Waals surface area contributed by atoms with Crippen molar-refractivity contribution in [3.8, 4) is 0 Å². The molecule has 0 spiro atoms. The van der Waals surface area contributed by atoms with Gasteiger partial charge < -0.3 is 14.2 Å². The molecule has 0 aromatic rings. The van der Waals surface area contributed by atoms with Crippen molar-refractivity contribution in [3.05, 3.63) is 46.8 Å². The number of rotatable bonds is 4. The molecular formula is C25H32O6. The van der Waals surface area contributed by atoms with Crippen molar-refractivity contribution in [3.63, 3.8) is 0 Å². The number of methoxy groups -OCH3 is 1. The molecule has 3 aliphatic rings. The summed E-state index contributed by atoms with van der Waals surface area (Å²) in [5, 5.41) is 0. The Morgan fingerprint density at radius 3 is 2.61 bits per heavy atom. The number of hydrogen-bond acceptors (Lipinski definition) is 6. The lowest BCUT2D eigenvalue weighted by atomic mass is 9.77. The zero-order valence-electron chi connectivity index (χ0n) is 19.0. The molecule has 0 N–H and O–H groups in total. The lowest BCUT2D eigenvalue weighted by Crippen LogP contribution is -2.34. The number of esters is 2. The van der Waals surface area contributed by atoms with Crippen LogP contribution in [0.2, 0.25) is 0 Å². The van der Waals surface area contributed by atoms with Gasteiger partial charge in [0.1, 0.15) is 18.0 Å². The van der Waals surface area contributed by atoms with E-state index in [9.17, 15) is 14.4 Å². The van der Waals surface area contributed by atoms with E-state index in [0.717, 1.165) is 11.1 Å². The first-order valence-electron chi connectivity index (χ1n) is 10.9. The third kappa shape index (κ3) is 4.68. The molecule has 0 amide bonds. The topological polar surface area (TPSA) is 78.9 Å². The second kappa shape index (κ2) is 9.25. The van der Waals surface area contributed by atoms with Gasteiger partial charge in [-0.2, -0.15) is 0 Å². The van der Waals surface area contributed by atoms with Crippen LogP contribution in [0.15, 0.2) is 46.8 Å². The van der Waals surface area contributed by atoms with Crippen LogP contribution in [-0.2, 0) is 28.6 Å². The van der Waals surface area contributed by atoms with Gasteiger partial charge >= 0.3 is 11.9 Å². The zero-order chi connectivity index (χ0) is 22.9. The van der Waals surface area contributed by atoms with Crippen molar-refractivity contribution in [1.29, 1.82) is 0 Å². The number of ketones is 1. The minimum Gasteiger partial charge on any atom is -0.489 e. The quantitative estimate of drug-likeness (QED) is 0.493. The summed E-state index contributed by atoms with van der Waals surface area (Å²) in [5.74, 6) is -1.50. The highest BCUT2D eigenvalue weighted by Crippen LogP contribution is 2.41. The van der Waals surface area contributed by atoms with Gasteiger partial charge in [-0.15, -0.1) is 0 Å². The fraction of sp³-hybridized carbons (Fsp3) is 0.560. The van der Waals surface area contributed by atoms with E-state index in [2.05, 4.69) is 6.58 Å². The summed E-state index contributed by atoms with van der Waals surface area (Å²) in [6.07, 6.45) is 4.52. The van der Waals surface area contributed by atoms with E-state index in [1.807, 2.05) is 27.7 Å². The van der Waals surface area contributed by atoms with Crippen LogP contribution in [0.5, 0.6) is 0 Å². The highest BCUT2D eigenvalue weighted by Gasteiger charge is 2.42. The molecule has 5 atom stereocenters. The van der Waals surface area contributed by atoms with Gasteiger partial charge in [0.15, 0.2) is 5.78 Å². The number of carbonyl (C=O) groups is 3. The molecule has 0 radical (unpaired) electrons. The van der Waals surface area contributed by atoms with E-state index < -0.39 is 30.1 Å². The Morgan fingerprint density at radius 1 is 1.29 bits per heavy atom. The monoisotopic (exact) mass is 428 g/mol. The van der Waals surface area contributed by atoms with Gasteiger partial charge in [0, 0.05) is 12.8 Å². The molecule has 1 saturated heterocycles. The Labute approximate surface area is 184 Å². The molecule has 0 saturated carbocycles. The maximum atomic E-state index is 13.4. The largest absolute Gasteiger partial charge is 0.489 e. The second-order valence-corrected chi connectivity index (χ2v) is 8.94. The van der Waals surface area contributed by atoms with Crippen molar-refractivity contribution >= 4 is 17.7 Å². The number of carbonyl (C=O) groups excluding carboxylic acids is 3. The predicted octanol–water partition coefficient (Wildman–Crippen LogP) is 4.22. The first-order valence-corrected chi connectivity index (χ1v) is 10.9. The summed E-state index contributed by atoms with van der Waals surface area (Å²) in [7, 11) is 1.31. The van der Waals surface area contributed by atoms with E-state index in [1.54, 1.807) is 12.2 Å². The van der Waals surface area contributed by atoms with Crippen LogP contribution >= 0.6 is 0 Å². The third-order valence-electron chi connectivity index (χ3n) is 6.57. The van der Waals surface area contributed by atoms with Crippen LogP contribution in [0.4, 0.5) is 0 Å². The van der Waals surface area contributed by atoms with E-state index in [-0.39, 0.29) is 23.2 Å². The lowest BCUT2D eigenvalue weighted by Gasteiger charge is -2.35. The Kier molecular flexibility index (Phi) is 6.87. The number of allylic oxidation sites excluding steroid dienone is 3. The van der Waals surface area contributed by atoms with Gasteiger partial charge in [-0.3, -0.25) is 4.79 Å². The molecule has 0 aromatic carbocycles. The van der Waals surface area contributed by atoms with Crippen molar-refractivity contribution in [2.75, 3.05) is 7.11 Å². The molecule has 1 fully saturated rings. The molecule has 4 bridgehead atoms. The molecule has 6 nitrogen and oxygen atoms in total. The summed E-state index contributed by atoms with van der Waals surface area (Å²) in [4.78, 5) is 39.0. The summed E-state index contributed by atoms with van der Waals surface area (Å²) in [5.41, 5.74) is 2.46. The SMILES string of the molecule is C=C(C)[C@H]1C/C2=C(\C(=O)OC)[C@H](C(C)CC)C(=O)/C=C(/C)C[C@@H]3C=C(C(=O)O3)[C@H](C1)O2. The molecular weight excluding hydrogens is 396 g/mol. The Balaban J connectivity index is 2.25. The first-order chi connectivity index (χ1) is 14.7. The number of hydrogen-bond donors (Lipinski definition) is 0. The molecule has 6 heteroatoms. The van der Waals surface area contributed by atoms with Crippen molar-refractivity contribution in [2.45, 2.75) is 65.6 Å². The van der Waals surface area contributed by atoms with E-state index >= 15 is 0 Å². The highest BCUT2D eigenvalue weighted by atomic mass is 16.6. The molecule has 0 aliphatic carbocycles. The van der Waals surface area contributed by atoms with Gasteiger partial charge in [0.25, 0.3) is 0 Å². The third-order valence-corrected chi connectivity index (χ3v) is 6.57. The van der Waals surface area contributed by atoms with E-state index in [1.165, 1.54) is 7.11 Å². The Hall–Kier alpha value is -2.63. The minimum atomic E-state index is -0.686. The van der Waals surface area contributed by atoms with E-state index in [4.69, 9.17) is 14.2 Å². The van der Waals surface area contributed by atoms with Crippen LogP contribution in [0.3, 0.4) is 0 Å². The molecule has 3 rings (SSSR count). The molecule has 3 aliphatic heterocycles. The summed E-state index contributed by atoms with van der Waals surface area (Å²) >= 11 is 0. The maximum Gasteiger partial charge on any atom is 0.338 e. The van der Waals surface area contributed by atoms with E-state index in [0.29, 0.717) is 37.0 Å². The molecule has 1 unspecified atom stereocenters. The van der Waals surface area contributed by atoms with Gasteiger partial charge in [0.2, 0.25) is 0 Å². The smallest absolute Gasteiger partial charge is 0.338 e. The van der Waals surface area contributed by atoms with Crippen LogP contribution in [0.25, 0.3) is 0 Å². The van der Waals surface area contributed by atoms with Crippen molar-refractivity contribution < 1.29 is 28.6 Å². The average Bonchev–Trinajstić information content (AvgIpc) is 3.09. The Morgan fingerprint density at radius 2 is 2.00 bits per heavy atom. The van der Waals surface area contributed by atoms with Gasteiger partial charge in [-0.05, 0) is 44.3 Å². The standard InChI is InChI=1S/C25H32O6/c1-7-15(5)22-19(26)9-14(4)8-17-12-18(24(27)30-17)20-10-16(13(2)3)11-21(31-20)23(22)25(28)29-6/h9,12,15-17,20,22H,2,7-8,10-11H2,1,3-6H3/b14-9-,23-21+/t15?,16-,17-,20+,22-/m1/s1. The highest BCUT2D eigenvalue weighted by molar-refractivity contribution is 6.03. The van der Waals surface area contributed by atoms with Gasteiger partial charge in [-0.25, -0.2) is 9.59 Å². The molecule has 0 aromatic heterocycles. The van der Waals surface area contributed by atoms with Crippen LogP contribution in [0, 0.1) is 17.8 Å². The predicted molar refractivity (Wildman–Crippen MR) is 116 cm³/mol. The molecule has 168 valence electrons. The van der Waals surface area contributed by atoms with Crippen molar-refractivity contribution in [2.24, 2.45) is 17.8 Å². The normalized spacial score (nSPS) is 33.6. The first kappa shape index (κ1) is 23.0.